The van der Waals surface area contributed by atoms with Crippen LogP contribution in [0.4, 0.5) is 5.69 Å². The Kier molecular flexibility index (Phi) is 5.90. The highest BCUT2D eigenvalue weighted by Gasteiger charge is 2.16. The van der Waals surface area contributed by atoms with Gasteiger partial charge in [0, 0.05) is 24.2 Å². The van der Waals surface area contributed by atoms with Crippen molar-refractivity contribution >= 4 is 11.6 Å². The molecular weight excluding hydrogens is 264 g/mol. The van der Waals surface area contributed by atoms with Crippen LogP contribution in [0.3, 0.4) is 0 Å². The van der Waals surface area contributed by atoms with Crippen molar-refractivity contribution in [1.82, 2.24) is 5.32 Å². The van der Waals surface area contributed by atoms with Gasteiger partial charge in [-0.05, 0) is 37.0 Å². The van der Waals surface area contributed by atoms with Crippen LogP contribution in [0.1, 0.15) is 50.5 Å². The number of anilines is 1. The van der Waals surface area contributed by atoms with E-state index in [-0.39, 0.29) is 5.91 Å². The maximum atomic E-state index is 12.1. The minimum atomic E-state index is 0.131. The topological polar surface area (TPSA) is 64.3 Å². The molecule has 0 bridgehead atoms. The fourth-order valence-corrected chi connectivity index (χ4v) is 3.03. The molecule has 116 valence electrons. The van der Waals surface area contributed by atoms with Crippen LogP contribution < -0.4 is 15.8 Å². The van der Waals surface area contributed by atoms with Crippen molar-refractivity contribution in [3.8, 4) is 5.75 Å². The first-order valence-electron chi connectivity index (χ1n) is 7.88. The van der Waals surface area contributed by atoms with Crippen LogP contribution in [-0.4, -0.2) is 13.0 Å². The van der Waals surface area contributed by atoms with Crippen LogP contribution in [0, 0.1) is 5.92 Å². The predicted molar refractivity (Wildman–Crippen MR) is 85.1 cm³/mol. The number of nitrogen functional groups attached to an aromatic ring is 1. The first-order valence-corrected chi connectivity index (χ1v) is 7.88. The molecule has 2 rings (SSSR count). The second-order valence-corrected chi connectivity index (χ2v) is 5.91. The van der Waals surface area contributed by atoms with E-state index >= 15 is 0 Å². The number of rotatable bonds is 5. The second-order valence-electron chi connectivity index (χ2n) is 5.91. The van der Waals surface area contributed by atoms with Crippen LogP contribution in [0.25, 0.3) is 0 Å². The average molecular weight is 290 g/mol. The van der Waals surface area contributed by atoms with Gasteiger partial charge in [0.05, 0.1) is 7.11 Å². The van der Waals surface area contributed by atoms with Gasteiger partial charge in [-0.1, -0.05) is 25.7 Å². The largest absolute Gasteiger partial charge is 0.496 e. The first kappa shape index (κ1) is 15.7. The molecule has 4 heteroatoms. The van der Waals surface area contributed by atoms with E-state index in [1.54, 1.807) is 13.2 Å². The van der Waals surface area contributed by atoms with Gasteiger partial charge in [-0.25, -0.2) is 0 Å². The van der Waals surface area contributed by atoms with Crippen molar-refractivity contribution in [2.24, 2.45) is 5.92 Å². The molecule has 1 aromatic rings. The van der Waals surface area contributed by atoms with Gasteiger partial charge in [0.15, 0.2) is 0 Å². The number of hydrogen-bond acceptors (Lipinski definition) is 3. The minimum Gasteiger partial charge on any atom is -0.496 e. The third-order valence-corrected chi connectivity index (χ3v) is 4.23. The van der Waals surface area contributed by atoms with Gasteiger partial charge in [0.2, 0.25) is 5.91 Å². The fraction of sp³-hybridized carbons (Fsp3) is 0.588. The summed E-state index contributed by atoms with van der Waals surface area (Å²) in [7, 11) is 1.63. The Balaban J connectivity index is 1.84. The van der Waals surface area contributed by atoms with Crippen molar-refractivity contribution in [2.75, 3.05) is 12.8 Å². The molecule has 0 spiro atoms. The Labute approximate surface area is 127 Å². The van der Waals surface area contributed by atoms with E-state index in [1.807, 2.05) is 12.1 Å². The molecule has 1 fully saturated rings. The summed E-state index contributed by atoms with van der Waals surface area (Å²) in [6.45, 7) is 0.472. The van der Waals surface area contributed by atoms with Crippen molar-refractivity contribution in [3.05, 3.63) is 23.8 Å². The smallest absolute Gasteiger partial charge is 0.220 e. The van der Waals surface area contributed by atoms with Crippen LogP contribution in [0.2, 0.25) is 0 Å². The number of ether oxygens (including phenoxy) is 1. The Bertz CT molecular complexity index is 466. The van der Waals surface area contributed by atoms with Gasteiger partial charge in [0.1, 0.15) is 5.75 Å². The number of amides is 1. The maximum absolute atomic E-state index is 12.1. The molecule has 0 heterocycles. The third-order valence-electron chi connectivity index (χ3n) is 4.23. The summed E-state index contributed by atoms with van der Waals surface area (Å²) in [4.78, 5) is 12.1. The number of methoxy groups -OCH3 is 1. The lowest BCUT2D eigenvalue weighted by Gasteiger charge is -2.14. The standard InChI is InChI=1S/C17H26N2O2/c1-21-16-9-8-15(18)11-14(16)12-19-17(20)10-13-6-4-2-3-5-7-13/h8-9,11,13H,2-7,10,12,18H2,1H3,(H,19,20). The van der Waals surface area contributed by atoms with Gasteiger partial charge < -0.3 is 15.8 Å². The highest BCUT2D eigenvalue weighted by molar-refractivity contribution is 5.76. The van der Waals surface area contributed by atoms with Gasteiger partial charge in [0.25, 0.3) is 0 Å². The summed E-state index contributed by atoms with van der Waals surface area (Å²) in [6, 6.07) is 5.49. The molecule has 4 nitrogen and oxygen atoms in total. The number of nitrogens with two attached hydrogens (primary N) is 1. The molecule has 1 aromatic carbocycles. The lowest BCUT2D eigenvalue weighted by molar-refractivity contribution is -0.122. The molecule has 0 aromatic heterocycles. The first-order chi connectivity index (χ1) is 10.2. The van der Waals surface area contributed by atoms with E-state index < -0.39 is 0 Å². The molecule has 1 aliphatic carbocycles. The van der Waals surface area contributed by atoms with Gasteiger partial charge in [-0.3, -0.25) is 4.79 Å². The van der Waals surface area contributed by atoms with Crippen molar-refractivity contribution in [2.45, 2.75) is 51.5 Å². The zero-order chi connectivity index (χ0) is 15.1. The second kappa shape index (κ2) is 7.91. The normalized spacial score (nSPS) is 16.2. The monoisotopic (exact) mass is 290 g/mol. The maximum Gasteiger partial charge on any atom is 0.220 e. The number of benzene rings is 1. The van der Waals surface area contributed by atoms with Crippen LogP contribution >= 0.6 is 0 Å². The van der Waals surface area contributed by atoms with Crippen molar-refractivity contribution in [1.29, 1.82) is 0 Å². The molecule has 0 atom stereocenters. The Morgan fingerprint density at radius 3 is 2.67 bits per heavy atom. The molecule has 21 heavy (non-hydrogen) atoms. The van der Waals surface area contributed by atoms with Crippen LogP contribution in [0.5, 0.6) is 5.75 Å². The van der Waals surface area contributed by atoms with Crippen molar-refractivity contribution in [3.63, 3.8) is 0 Å². The van der Waals surface area contributed by atoms with E-state index in [2.05, 4.69) is 5.32 Å². The summed E-state index contributed by atoms with van der Waals surface area (Å²) in [5, 5.41) is 2.99. The molecule has 1 amide bonds. The van der Waals surface area contributed by atoms with E-state index in [1.165, 1.54) is 38.5 Å². The Hall–Kier alpha value is -1.71. The fourth-order valence-electron chi connectivity index (χ4n) is 3.03. The Morgan fingerprint density at radius 2 is 2.00 bits per heavy atom. The van der Waals surface area contributed by atoms with Gasteiger partial charge in [-0.15, -0.1) is 0 Å². The molecule has 1 saturated carbocycles. The third kappa shape index (κ3) is 4.96. The van der Waals surface area contributed by atoms with Gasteiger partial charge in [-0.2, -0.15) is 0 Å². The summed E-state index contributed by atoms with van der Waals surface area (Å²) in [5.74, 6) is 1.44. The highest BCUT2D eigenvalue weighted by Crippen LogP contribution is 2.25. The van der Waals surface area contributed by atoms with Crippen molar-refractivity contribution < 1.29 is 9.53 Å². The highest BCUT2D eigenvalue weighted by atomic mass is 16.5. The summed E-state index contributed by atoms with van der Waals surface area (Å²) in [6.07, 6.45) is 8.19. The lowest BCUT2D eigenvalue weighted by Crippen LogP contribution is -2.25. The zero-order valence-electron chi connectivity index (χ0n) is 12.9. The number of nitrogens with one attached hydrogen (secondary N) is 1. The summed E-state index contributed by atoms with van der Waals surface area (Å²) in [5.41, 5.74) is 7.39. The van der Waals surface area contributed by atoms with E-state index in [0.29, 0.717) is 24.6 Å². The zero-order valence-corrected chi connectivity index (χ0v) is 12.9. The van der Waals surface area contributed by atoms with E-state index in [4.69, 9.17) is 10.5 Å². The molecule has 0 saturated heterocycles. The van der Waals surface area contributed by atoms with E-state index in [0.717, 1.165) is 11.3 Å². The SMILES string of the molecule is COc1ccc(N)cc1CNC(=O)CC1CCCCCC1. The summed E-state index contributed by atoms with van der Waals surface area (Å²) < 4.78 is 5.29. The molecule has 0 radical (unpaired) electrons. The van der Waals surface area contributed by atoms with Gasteiger partial charge >= 0.3 is 0 Å². The van der Waals surface area contributed by atoms with E-state index in [9.17, 15) is 4.79 Å². The molecule has 0 unspecified atom stereocenters. The average Bonchev–Trinajstić information content (AvgIpc) is 2.74. The Morgan fingerprint density at radius 1 is 1.29 bits per heavy atom. The minimum absolute atomic E-state index is 0.131. The lowest BCUT2D eigenvalue weighted by atomic mass is 9.96. The number of carbonyl (C=O) groups excluding carboxylic acids is 1. The molecule has 1 aliphatic rings. The predicted octanol–water partition coefficient (Wildman–Crippen LogP) is 3.25. The molecule has 3 N–H and O–H groups in total. The van der Waals surface area contributed by atoms with Crippen LogP contribution in [-0.2, 0) is 11.3 Å². The summed E-state index contributed by atoms with van der Waals surface area (Å²) >= 11 is 0. The quantitative estimate of drug-likeness (QED) is 0.646. The number of hydrogen-bond donors (Lipinski definition) is 2. The van der Waals surface area contributed by atoms with Crippen LogP contribution in [0.15, 0.2) is 18.2 Å². The molecule has 0 aliphatic heterocycles. The number of carbonyl (C=O) groups is 1. The molecular formula is C17H26N2O2.